The molecule has 0 amide bonds. The zero-order chi connectivity index (χ0) is 18.4. The topological polar surface area (TPSA) is 29.5 Å². The normalized spacial score (nSPS) is 11.3. The van der Waals surface area contributed by atoms with Gasteiger partial charge < -0.3 is 9.84 Å². The molecule has 0 aliphatic carbocycles. The molecule has 0 heterocycles. The smallest absolute Gasteiger partial charge is 0.144 e. The predicted octanol–water partition coefficient (Wildman–Crippen LogP) is 5.27. The SMILES string of the molecule is CC(C)=CCOc1ccc2ccccc2c1[C@H](O)C#Cc1ccccc1. The Kier molecular flexibility index (Phi) is 5.73. The molecule has 2 heteroatoms. The van der Waals surface area contributed by atoms with Gasteiger partial charge in [0.2, 0.25) is 0 Å². The predicted molar refractivity (Wildman–Crippen MR) is 107 cm³/mol. The van der Waals surface area contributed by atoms with E-state index in [-0.39, 0.29) is 0 Å². The Morgan fingerprint density at radius 2 is 1.73 bits per heavy atom. The van der Waals surface area contributed by atoms with Crippen LogP contribution in [0.25, 0.3) is 10.8 Å². The molecule has 0 spiro atoms. The van der Waals surface area contributed by atoms with Gasteiger partial charge in [-0.1, -0.05) is 65.9 Å². The zero-order valence-corrected chi connectivity index (χ0v) is 15.1. The van der Waals surface area contributed by atoms with Gasteiger partial charge in [0.15, 0.2) is 0 Å². The first-order chi connectivity index (χ1) is 12.6. The van der Waals surface area contributed by atoms with E-state index < -0.39 is 6.10 Å². The highest BCUT2D eigenvalue weighted by molar-refractivity contribution is 5.88. The fourth-order valence-corrected chi connectivity index (χ4v) is 2.73. The molecular weight excluding hydrogens is 320 g/mol. The van der Waals surface area contributed by atoms with E-state index in [1.807, 2.05) is 86.7 Å². The number of rotatable bonds is 4. The van der Waals surface area contributed by atoms with Gasteiger partial charge in [0.05, 0.1) is 0 Å². The fraction of sp³-hybridized carbons (Fsp3) is 0.167. The summed E-state index contributed by atoms with van der Waals surface area (Å²) in [5, 5.41) is 12.8. The second-order valence-electron chi connectivity index (χ2n) is 6.33. The van der Waals surface area contributed by atoms with Crippen molar-refractivity contribution in [3.8, 4) is 17.6 Å². The quantitative estimate of drug-likeness (QED) is 0.517. The summed E-state index contributed by atoms with van der Waals surface area (Å²) in [4.78, 5) is 0. The van der Waals surface area contributed by atoms with Gasteiger partial charge in [-0.15, -0.1) is 0 Å². The first-order valence-corrected chi connectivity index (χ1v) is 8.67. The lowest BCUT2D eigenvalue weighted by Gasteiger charge is -2.15. The average Bonchev–Trinajstić information content (AvgIpc) is 2.66. The van der Waals surface area contributed by atoms with Crippen LogP contribution in [0.3, 0.4) is 0 Å². The maximum absolute atomic E-state index is 10.8. The van der Waals surface area contributed by atoms with E-state index in [9.17, 15) is 5.11 Å². The number of hydrogen-bond donors (Lipinski definition) is 1. The molecule has 130 valence electrons. The van der Waals surface area contributed by atoms with Crippen LogP contribution in [0.2, 0.25) is 0 Å². The van der Waals surface area contributed by atoms with Crippen LogP contribution in [-0.2, 0) is 0 Å². The van der Waals surface area contributed by atoms with Crippen LogP contribution in [0.1, 0.15) is 31.1 Å². The van der Waals surface area contributed by atoms with Crippen molar-refractivity contribution in [1.82, 2.24) is 0 Å². The number of hydrogen-bond acceptors (Lipinski definition) is 2. The summed E-state index contributed by atoms with van der Waals surface area (Å²) in [6.45, 7) is 4.53. The summed E-state index contributed by atoms with van der Waals surface area (Å²) in [7, 11) is 0. The molecule has 0 unspecified atom stereocenters. The van der Waals surface area contributed by atoms with Crippen molar-refractivity contribution in [3.63, 3.8) is 0 Å². The first-order valence-electron chi connectivity index (χ1n) is 8.67. The van der Waals surface area contributed by atoms with Crippen molar-refractivity contribution in [2.75, 3.05) is 6.61 Å². The van der Waals surface area contributed by atoms with Crippen LogP contribution in [0.5, 0.6) is 5.75 Å². The largest absolute Gasteiger partial charge is 0.489 e. The first kappa shape index (κ1) is 17.8. The van der Waals surface area contributed by atoms with Crippen molar-refractivity contribution in [3.05, 3.63) is 89.5 Å². The minimum absolute atomic E-state index is 0.465. The molecule has 1 atom stereocenters. The van der Waals surface area contributed by atoms with Gasteiger partial charge in [0.1, 0.15) is 18.5 Å². The van der Waals surface area contributed by atoms with Gasteiger partial charge in [-0.3, -0.25) is 0 Å². The molecule has 3 rings (SSSR count). The van der Waals surface area contributed by atoms with Crippen molar-refractivity contribution in [1.29, 1.82) is 0 Å². The molecule has 2 nitrogen and oxygen atoms in total. The van der Waals surface area contributed by atoms with Gasteiger partial charge in [0, 0.05) is 11.1 Å². The Labute approximate surface area is 154 Å². The molecule has 3 aromatic rings. The standard InChI is InChI=1S/C24H22O2/c1-18(2)16-17-26-23-15-13-20-10-6-7-11-21(20)24(23)22(25)14-12-19-8-4-3-5-9-19/h3-11,13,15-16,22,25H,17H2,1-2H3/t22-/m1/s1. The van der Waals surface area contributed by atoms with E-state index in [2.05, 4.69) is 11.8 Å². The Bertz CT molecular complexity index is 971. The third kappa shape index (κ3) is 4.33. The number of benzene rings is 3. The maximum atomic E-state index is 10.8. The average molecular weight is 342 g/mol. The molecule has 0 aliphatic rings. The molecule has 0 saturated heterocycles. The second kappa shape index (κ2) is 8.38. The fourth-order valence-electron chi connectivity index (χ4n) is 2.73. The van der Waals surface area contributed by atoms with Gasteiger partial charge in [-0.05, 0) is 48.9 Å². The zero-order valence-electron chi connectivity index (χ0n) is 15.1. The summed E-state index contributed by atoms with van der Waals surface area (Å²) >= 11 is 0. The monoisotopic (exact) mass is 342 g/mol. The minimum Gasteiger partial charge on any atom is -0.489 e. The Morgan fingerprint density at radius 1 is 1.00 bits per heavy atom. The highest BCUT2D eigenvalue weighted by atomic mass is 16.5. The van der Waals surface area contributed by atoms with E-state index >= 15 is 0 Å². The number of fused-ring (bicyclic) bond motifs is 1. The number of aliphatic hydroxyl groups is 1. The number of allylic oxidation sites excluding steroid dienone is 1. The molecule has 0 aliphatic heterocycles. The van der Waals surface area contributed by atoms with Crippen LogP contribution in [0.15, 0.2) is 78.4 Å². The lowest BCUT2D eigenvalue weighted by atomic mass is 9.99. The Morgan fingerprint density at radius 3 is 2.50 bits per heavy atom. The van der Waals surface area contributed by atoms with Crippen LogP contribution in [0, 0.1) is 11.8 Å². The van der Waals surface area contributed by atoms with E-state index in [1.54, 1.807) is 0 Å². The van der Waals surface area contributed by atoms with E-state index in [4.69, 9.17) is 4.74 Å². The second-order valence-corrected chi connectivity index (χ2v) is 6.33. The Balaban J connectivity index is 2.00. The molecule has 1 N–H and O–H groups in total. The molecule has 0 saturated carbocycles. The van der Waals surface area contributed by atoms with Crippen molar-refractivity contribution in [2.45, 2.75) is 20.0 Å². The van der Waals surface area contributed by atoms with Crippen molar-refractivity contribution < 1.29 is 9.84 Å². The van der Waals surface area contributed by atoms with E-state index in [1.165, 1.54) is 5.57 Å². The summed E-state index contributed by atoms with van der Waals surface area (Å²) in [6.07, 6.45) is 1.09. The van der Waals surface area contributed by atoms with Crippen LogP contribution < -0.4 is 4.74 Å². The van der Waals surface area contributed by atoms with Gasteiger partial charge in [-0.25, -0.2) is 0 Å². The Hall–Kier alpha value is -3.02. The molecule has 0 bridgehead atoms. The summed E-state index contributed by atoms with van der Waals surface area (Å²) in [6, 6.07) is 21.5. The van der Waals surface area contributed by atoms with Crippen LogP contribution in [-0.4, -0.2) is 11.7 Å². The lowest BCUT2D eigenvalue weighted by Crippen LogP contribution is -2.03. The van der Waals surface area contributed by atoms with Crippen LogP contribution in [0.4, 0.5) is 0 Å². The minimum atomic E-state index is -0.928. The number of aliphatic hydroxyl groups excluding tert-OH is 1. The van der Waals surface area contributed by atoms with E-state index in [0.29, 0.717) is 17.9 Å². The van der Waals surface area contributed by atoms with Crippen LogP contribution >= 0.6 is 0 Å². The summed E-state index contributed by atoms with van der Waals surface area (Å²) in [5.41, 5.74) is 2.78. The molecule has 3 aromatic carbocycles. The molecule has 0 radical (unpaired) electrons. The highest BCUT2D eigenvalue weighted by Crippen LogP contribution is 2.33. The van der Waals surface area contributed by atoms with Gasteiger partial charge in [0.25, 0.3) is 0 Å². The summed E-state index contributed by atoms with van der Waals surface area (Å²) in [5.74, 6) is 6.66. The molecular formula is C24H22O2. The van der Waals surface area contributed by atoms with Crippen molar-refractivity contribution >= 4 is 10.8 Å². The maximum Gasteiger partial charge on any atom is 0.144 e. The highest BCUT2D eigenvalue weighted by Gasteiger charge is 2.15. The third-order valence-corrected chi connectivity index (χ3v) is 4.06. The number of ether oxygens (including phenoxy) is 1. The lowest BCUT2D eigenvalue weighted by molar-refractivity contribution is 0.232. The molecule has 0 aromatic heterocycles. The van der Waals surface area contributed by atoms with Gasteiger partial charge >= 0.3 is 0 Å². The van der Waals surface area contributed by atoms with Crippen molar-refractivity contribution in [2.24, 2.45) is 0 Å². The molecule has 26 heavy (non-hydrogen) atoms. The van der Waals surface area contributed by atoms with Gasteiger partial charge in [-0.2, -0.15) is 0 Å². The van der Waals surface area contributed by atoms with E-state index in [0.717, 1.165) is 16.3 Å². The summed E-state index contributed by atoms with van der Waals surface area (Å²) < 4.78 is 5.93. The third-order valence-electron chi connectivity index (χ3n) is 4.06. The molecule has 0 fully saturated rings.